The fourth-order valence-electron chi connectivity index (χ4n) is 1.49. The van der Waals surface area contributed by atoms with Crippen molar-refractivity contribution in [3.8, 4) is 5.75 Å². The fraction of sp³-hybridized carbons (Fsp3) is 0.143. The molecule has 2 rings (SSSR count). The molecule has 88 valence electrons. The molecule has 0 atom stereocenters. The number of methoxy groups -OCH3 is 1. The van der Waals surface area contributed by atoms with Gasteiger partial charge in [-0.15, -0.1) is 11.8 Å². The van der Waals surface area contributed by atoms with Gasteiger partial charge in [0, 0.05) is 16.3 Å². The maximum Gasteiger partial charge on any atom is 0.118 e. The van der Waals surface area contributed by atoms with E-state index in [4.69, 9.17) is 10.5 Å². The van der Waals surface area contributed by atoms with Crippen LogP contribution in [-0.4, -0.2) is 7.11 Å². The van der Waals surface area contributed by atoms with E-state index in [1.807, 2.05) is 36.4 Å². The third-order valence-electron chi connectivity index (χ3n) is 2.47. The zero-order valence-corrected chi connectivity index (χ0v) is 10.5. The Labute approximate surface area is 106 Å². The largest absolute Gasteiger partial charge is 0.497 e. The smallest absolute Gasteiger partial charge is 0.118 e. The Bertz CT molecular complexity index is 482. The summed E-state index contributed by atoms with van der Waals surface area (Å²) < 4.78 is 5.12. The first-order valence-corrected chi connectivity index (χ1v) is 6.38. The number of anilines is 1. The number of hydrogen-bond donors (Lipinski definition) is 1. The third kappa shape index (κ3) is 3.17. The molecule has 0 radical (unpaired) electrons. The Kier molecular flexibility index (Phi) is 3.94. The summed E-state index contributed by atoms with van der Waals surface area (Å²) in [6.07, 6.45) is 0. The molecule has 3 heteroatoms. The summed E-state index contributed by atoms with van der Waals surface area (Å²) in [7, 11) is 1.68. The molecule has 0 saturated carbocycles. The Hall–Kier alpha value is -1.61. The zero-order chi connectivity index (χ0) is 12.1. The molecule has 17 heavy (non-hydrogen) atoms. The molecule has 0 amide bonds. The van der Waals surface area contributed by atoms with Gasteiger partial charge in [-0.05, 0) is 29.8 Å². The van der Waals surface area contributed by atoms with E-state index in [-0.39, 0.29) is 0 Å². The number of nitrogens with two attached hydrogens (primary N) is 1. The SMILES string of the molecule is COc1ccc([14CH2]Sc2ccccc2N)cc1. The quantitative estimate of drug-likeness (QED) is 0.662. The maximum atomic E-state index is 5.89. The molecule has 0 spiro atoms. The monoisotopic (exact) mass is 247 g/mol. The molecule has 0 unspecified atom stereocenters. The molecule has 0 bridgehead atoms. The summed E-state index contributed by atoms with van der Waals surface area (Å²) in [5, 5.41) is 0. The molecule has 2 aromatic carbocycles. The highest BCUT2D eigenvalue weighted by atomic mass is 32.2. The van der Waals surface area contributed by atoms with Gasteiger partial charge in [-0.2, -0.15) is 0 Å². The number of thioether (sulfide) groups is 1. The van der Waals surface area contributed by atoms with E-state index < -0.39 is 0 Å². The van der Waals surface area contributed by atoms with Crippen LogP contribution in [-0.2, 0) is 5.75 Å². The van der Waals surface area contributed by atoms with E-state index in [0.29, 0.717) is 0 Å². The highest BCUT2D eigenvalue weighted by molar-refractivity contribution is 7.98. The van der Waals surface area contributed by atoms with Crippen LogP contribution in [0.25, 0.3) is 0 Å². The number of hydrogen-bond acceptors (Lipinski definition) is 3. The van der Waals surface area contributed by atoms with E-state index >= 15 is 0 Å². The Balaban J connectivity index is 2.00. The lowest BCUT2D eigenvalue weighted by atomic mass is 10.3. The average Bonchev–Trinajstić information content (AvgIpc) is 2.38. The number of ether oxygens (including phenoxy) is 1. The number of para-hydroxylation sites is 1. The predicted octanol–water partition coefficient (Wildman–Crippen LogP) is 3.57. The zero-order valence-electron chi connectivity index (χ0n) is 9.72. The molecule has 0 heterocycles. The van der Waals surface area contributed by atoms with Crippen LogP contribution < -0.4 is 10.5 Å². The minimum Gasteiger partial charge on any atom is -0.497 e. The molecule has 2 nitrogen and oxygen atoms in total. The van der Waals surface area contributed by atoms with Crippen LogP contribution in [0.15, 0.2) is 53.4 Å². The highest BCUT2D eigenvalue weighted by Crippen LogP contribution is 2.28. The highest BCUT2D eigenvalue weighted by Gasteiger charge is 2.00. The van der Waals surface area contributed by atoms with Crippen LogP contribution in [0.2, 0.25) is 0 Å². The van der Waals surface area contributed by atoms with Crippen molar-refractivity contribution in [3.05, 3.63) is 54.1 Å². The Morgan fingerprint density at radius 2 is 1.76 bits per heavy atom. The lowest BCUT2D eigenvalue weighted by molar-refractivity contribution is 0.414. The van der Waals surface area contributed by atoms with E-state index in [0.717, 1.165) is 22.1 Å². The summed E-state index contributed by atoms with van der Waals surface area (Å²) in [5.41, 5.74) is 7.99. The molecular weight excluding hydrogens is 232 g/mol. The standard InChI is InChI=1S/C14H15NOS/c1-16-12-8-6-11(7-9-12)10-17-14-5-3-2-4-13(14)15/h2-9H,10,15H2,1H3/i10+2. The number of benzene rings is 2. The van der Waals surface area contributed by atoms with Crippen molar-refractivity contribution < 1.29 is 4.74 Å². The van der Waals surface area contributed by atoms with E-state index in [2.05, 4.69) is 12.1 Å². The molecule has 0 aliphatic heterocycles. The molecule has 0 aromatic heterocycles. The van der Waals surface area contributed by atoms with Gasteiger partial charge < -0.3 is 10.5 Å². The first-order valence-electron chi connectivity index (χ1n) is 5.40. The van der Waals surface area contributed by atoms with Crippen molar-refractivity contribution in [1.82, 2.24) is 0 Å². The minimum absolute atomic E-state index is 0.839. The molecule has 2 N–H and O–H groups in total. The van der Waals surface area contributed by atoms with E-state index in [1.54, 1.807) is 18.9 Å². The van der Waals surface area contributed by atoms with Crippen LogP contribution in [0.4, 0.5) is 5.69 Å². The van der Waals surface area contributed by atoms with Crippen LogP contribution in [0.1, 0.15) is 5.56 Å². The molecule has 0 fully saturated rings. The summed E-state index contributed by atoms with van der Waals surface area (Å²) >= 11 is 1.75. The van der Waals surface area contributed by atoms with Crippen molar-refractivity contribution in [1.29, 1.82) is 0 Å². The van der Waals surface area contributed by atoms with Crippen molar-refractivity contribution >= 4 is 17.4 Å². The topological polar surface area (TPSA) is 35.2 Å². The van der Waals surface area contributed by atoms with E-state index in [1.165, 1.54) is 5.56 Å². The van der Waals surface area contributed by atoms with Crippen molar-refractivity contribution in [3.63, 3.8) is 0 Å². The predicted molar refractivity (Wildman–Crippen MR) is 73.4 cm³/mol. The van der Waals surface area contributed by atoms with Crippen LogP contribution in [0, 0.1) is 0 Å². The van der Waals surface area contributed by atoms with Gasteiger partial charge in [0.25, 0.3) is 0 Å². The molecule has 0 aliphatic rings. The van der Waals surface area contributed by atoms with E-state index in [9.17, 15) is 0 Å². The van der Waals surface area contributed by atoms with Crippen LogP contribution >= 0.6 is 11.8 Å². The number of rotatable bonds is 4. The first kappa shape index (κ1) is 11.9. The minimum atomic E-state index is 0.839. The Morgan fingerprint density at radius 3 is 2.41 bits per heavy atom. The van der Waals surface area contributed by atoms with Gasteiger partial charge in [-0.25, -0.2) is 0 Å². The van der Waals surface area contributed by atoms with Crippen molar-refractivity contribution in [2.75, 3.05) is 12.8 Å². The normalized spacial score (nSPS) is 10.2. The lowest BCUT2D eigenvalue weighted by Crippen LogP contribution is -1.88. The second-order valence-corrected chi connectivity index (χ2v) is 4.69. The van der Waals surface area contributed by atoms with Gasteiger partial charge in [0.2, 0.25) is 0 Å². The third-order valence-corrected chi connectivity index (χ3v) is 3.63. The van der Waals surface area contributed by atoms with Gasteiger partial charge in [-0.3, -0.25) is 0 Å². The van der Waals surface area contributed by atoms with Gasteiger partial charge in [0.15, 0.2) is 0 Å². The van der Waals surface area contributed by atoms with Gasteiger partial charge in [-0.1, -0.05) is 24.3 Å². The van der Waals surface area contributed by atoms with Gasteiger partial charge in [0.05, 0.1) is 7.11 Å². The average molecular weight is 247 g/mol. The van der Waals surface area contributed by atoms with Gasteiger partial charge in [0.1, 0.15) is 5.75 Å². The summed E-state index contributed by atoms with van der Waals surface area (Å²) in [6.45, 7) is 0. The molecule has 2 aromatic rings. The van der Waals surface area contributed by atoms with Crippen LogP contribution in [0.5, 0.6) is 5.75 Å². The second kappa shape index (κ2) is 5.64. The Morgan fingerprint density at radius 1 is 1.06 bits per heavy atom. The second-order valence-electron chi connectivity index (χ2n) is 3.67. The van der Waals surface area contributed by atoms with Crippen LogP contribution in [0.3, 0.4) is 0 Å². The summed E-state index contributed by atoms with van der Waals surface area (Å²) in [6, 6.07) is 16.0. The fourth-order valence-corrected chi connectivity index (χ4v) is 2.42. The lowest BCUT2D eigenvalue weighted by Gasteiger charge is -2.05. The molecule has 0 aliphatic carbocycles. The molecular formula is C14H15NOS. The van der Waals surface area contributed by atoms with Crippen molar-refractivity contribution in [2.24, 2.45) is 0 Å². The van der Waals surface area contributed by atoms with Gasteiger partial charge >= 0.3 is 0 Å². The van der Waals surface area contributed by atoms with Crippen molar-refractivity contribution in [2.45, 2.75) is 10.6 Å². The number of nitrogen functional groups attached to an aromatic ring is 1. The maximum absolute atomic E-state index is 5.89. The first-order chi connectivity index (χ1) is 8.29. The summed E-state index contributed by atoms with van der Waals surface area (Å²) in [4.78, 5) is 1.13. The summed E-state index contributed by atoms with van der Waals surface area (Å²) in [5.74, 6) is 1.80. The molecule has 0 saturated heterocycles.